The number of aliphatic carboxylic acids is 1. The standard InChI is InChI=1S/C10H14N2O4/c1-3-16-8(10(14)15)5-12-6-11-7(2)4-9(12)13/h4,6,8H,3,5H2,1-2H3,(H,14,15). The van der Waals surface area contributed by atoms with E-state index in [2.05, 4.69) is 4.98 Å². The van der Waals surface area contributed by atoms with Crippen molar-refractivity contribution < 1.29 is 14.6 Å². The van der Waals surface area contributed by atoms with Crippen molar-refractivity contribution in [3.63, 3.8) is 0 Å². The van der Waals surface area contributed by atoms with Crippen molar-refractivity contribution in [2.45, 2.75) is 26.5 Å². The fourth-order valence-corrected chi connectivity index (χ4v) is 1.24. The minimum Gasteiger partial charge on any atom is -0.479 e. The van der Waals surface area contributed by atoms with Gasteiger partial charge in [0.05, 0.1) is 12.9 Å². The number of nitrogens with zero attached hydrogens (tertiary/aromatic N) is 2. The van der Waals surface area contributed by atoms with Crippen molar-refractivity contribution in [1.82, 2.24) is 9.55 Å². The molecule has 16 heavy (non-hydrogen) atoms. The van der Waals surface area contributed by atoms with E-state index in [9.17, 15) is 9.59 Å². The Kier molecular flexibility index (Phi) is 4.19. The predicted molar refractivity (Wildman–Crippen MR) is 56.3 cm³/mol. The van der Waals surface area contributed by atoms with Crippen molar-refractivity contribution >= 4 is 5.97 Å². The summed E-state index contributed by atoms with van der Waals surface area (Å²) in [5.74, 6) is -1.09. The summed E-state index contributed by atoms with van der Waals surface area (Å²) in [6, 6.07) is 1.35. The van der Waals surface area contributed by atoms with Gasteiger partial charge in [0.25, 0.3) is 5.56 Å². The zero-order valence-electron chi connectivity index (χ0n) is 9.21. The van der Waals surface area contributed by atoms with Crippen LogP contribution >= 0.6 is 0 Å². The smallest absolute Gasteiger partial charge is 0.334 e. The summed E-state index contributed by atoms with van der Waals surface area (Å²) < 4.78 is 6.23. The number of carbonyl (C=O) groups is 1. The van der Waals surface area contributed by atoms with E-state index in [1.54, 1.807) is 13.8 Å². The molecule has 0 spiro atoms. The van der Waals surface area contributed by atoms with Gasteiger partial charge in [0.2, 0.25) is 0 Å². The SMILES string of the molecule is CCOC(Cn1cnc(C)cc1=O)C(=O)O. The van der Waals surface area contributed by atoms with E-state index in [4.69, 9.17) is 9.84 Å². The third-order valence-corrected chi connectivity index (χ3v) is 2.02. The van der Waals surface area contributed by atoms with E-state index < -0.39 is 12.1 Å². The Morgan fingerprint density at radius 1 is 1.69 bits per heavy atom. The minimum atomic E-state index is -1.09. The highest BCUT2D eigenvalue weighted by Crippen LogP contribution is 1.96. The molecule has 88 valence electrons. The first kappa shape index (κ1) is 12.4. The van der Waals surface area contributed by atoms with Crippen LogP contribution in [0.15, 0.2) is 17.2 Å². The summed E-state index contributed by atoms with van der Waals surface area (Å²) in [4.78, 5) is 26.2. The van der Waals surface area contributed by atoms with Crippen molar-refractivity contribution in [3.8, 4) is 0 Å². The molecule has 0 amide bonds. The fourth-order valence-electron chi connectivity index (χ4n) is 1.24. The van der Waals surface area contributed by atoms with Crippen molar-refractivity contribution in [1.29, 1.82) is 0 Å². The average Bonchev–Trinajstić information content (AvgIpc) is 2.20. The molecule has 1 rings (SSSR count). The summed E-state index contributed by atoms with van der Waals surface area (Å²) in [7, 11) is 0. The number of aromatic nitrogens is 2. The molecular weight excluding hydrogens is 212 g/mol. The van der Waals surface area contributed by atoms with Gasteiger partial charge in [-0.05, 0) is 13.8 Å². The summed E-state index contributed by atoms with van der Waals surface area (Å²) in [5, 5.41) is 8.85. The molecule has 1 N–H and O–H groups in total. The fraction of sp³-hybridized carbons (Fsp3) is 0.500. The topological polar surface area (TPSA) is 81.4 Å². The van der Waals surface area contributed by atoms with Crippen LogP contribution in [0.4, 0.5) is 0 Å². The maximum absolute atomic E-state index is 11.5. The lowest BCUT2D eigenvalue weighted by molar-refractivity contribution is -0.151. The van der Waals surface area contributed by atoms with Gasteiger partial charge in [-0.2, -0.15) is 0 Å². The van der Waals surface area contributed by atoms with Gasteiger partial charge in [0, 0.05) is 18.4 Å². The molecule has 1 heterocycles. The second kappa shape index (κ2) is 5.41. The van der Waals surface area contributed by atoms with Crippen molar-refractivity contribution in [2.75, 3.05) is 6.61 Å². The first-order chi connectivity index (χ1) is 7.54. The Hall–Kier alpha value is -1.69. The van der Waals surface area contributed by atoms with Crippen LogP contribution in [0.25, 0.3) is 0 Å². The summed E-state index contributed by atoms with van der Waals surface area (Å²) >= 11 is 0. The Morgan fingerprint density at radius 3 is 2.88 bits per heavy atom. The van der Waals surface area contributed by atoms with E-state index in [-0.39, 0.29) is 18.7 Å². The number of ether oxygens (including phenoxy) is 1. The zero-order valence-corrected chi connectivity index (χ0v) is 9.21. The molecule has 0 aromatic carbocycles. The Labute approximate surface area is 92.5 Å². The average molecular weight is 226 g/mol. The van der Waals surface area contributed by atoms with Gasteiger partial charge in [-0.3, -0.25) is 9.36 Å². The molecule has 0 radical (unpaired) electrons. The van der Waals surface area contributed by atoms with Gasteiger partial charge in [-0.15, -0.1) is 0 Å². The monoisotopic (exact) mass is 226 g/mol. The van der Waals surface area contributed by atoms with Gasteiger partial charge in [-0.25, -0.2) is 9.78 Å². The normalized spacial score (nSPS) is 12.4. The number of hydrogen-bond acceptors (Lipinski definition) is 4. The molecule has 6 nitrogen and oxygen atoms in total. The lowest BCUT2D eigenvalue weighted by Gasteiger charge is -2.13. The van der Waals surface area contributed by atoms with Gasteiger partial charge in [-0.1, -0.05) is 0 Å². The van der Waals surface area contributed by atoms with E-state index in [0.717, 1.165) is 0 Å². The molecule has 1 unspecified atom stereocenters. The van der Waals surface area contributed by atoms with Crippen molar-refractivity contribution in [2.24, 2.45) is 0 Å². The van der Waals surface area contributed by atoms with E-state index >= 15 is 0 Å². The molecule has 1 atom stereocenters. The van der Waals surface area contributed by atoms with Crippen LogP contribution in [0.3, 0.4) is 0 Å². The summed E-state index contributed by atoms with van der Waals surface area (Å²) in [5.41, 5.74) is 0.322. The second-order valence-corrected chi connectivity index (χ2v) is 3.30. The Balaban J connectivity index is 2.85. The third-order valence-electron chi connectivity index (χ3n) is 2.02. The van der Waals surface area contributed by atoms with Crippen LogP contribution in [-0.2, 0) is 16.1 Å². The molecule has 0 aliphatic carbocycles. The molecule has 0 saturated carbocycles. The number of rotatable bonds is 5. The van der Waals surface area contributed by atoms with Crippen LogP contribution in [0.5, 0.6) is 0 Å². The van der Waals surface area contributed by atoms with Crippen LogP contribution in [-0.4, -0.2) is 33.3 Å². The van der Waals surface area contributed by atoms with Crippen LogP contribution in [0.1, 0.15) is 12.6 Å². The Bertz CT molecular complexity index is 427. The third kappa shape index (κ3) is 3.16. The molecule has 0 aliphatic heterocycles. The highest BCUT2D eigenvalue weighted by atomic mass is 16.5. The van der Waals surface area contributed by atoms with E-state index in [1.165, 1.54) is 17.0 Å². The zero-order chi connectivity index (χ0) is 12.1. The first-order valence-corrected chi connectivity index (χ1v) is 4.92. The number of hydrogen-bond donors (Lipinski definition) is 1. The van der Waals surface area contributed by atoms with Gasteiger partial charge < -0.3 is 9.84 Å². The number of aryl methyl sites for hydroxylation is 1. The highest BCUT2D eigenvalue weighted by molar-refractivity contribution is 5.72. The summed E-state index contributed by atoms with van der Waals surface area (Å²) in [6.07, 6.45) is 0.305. The van der Waals surface area contributed by atoms with Gasteiger partial charge >= 0.3 is 5.97 Å². The number of carboxylic acid groups (broad SMARTS) is 1. The van der Waals surface area contributed by atoms with Crippen LogP contribution < -0.4 is 5.56 Å². The minimum absolute atomic E-state index is 0.0325. The molecule has 0 aliphatic rings. The molecule has 0 saturated heterocycles. The highest BCUT2D eigenvalue weighted by Gasteiger charge is 2.18. The van der Waals surface area contributed by atoms with E-state index in [1.807, 2.05) is 0 Å². The largest absolute Gasteiger partial charge is 0.479 e. The maximum atomic E-state index is 11.5. The number of carboxylic acids is 1. The molecule has 6 heteroatoms. The van der Waals surface area contributed by atoms with Crippen molar-refractivity contribution in [3.05, 3.63) is 28.4 Å². The maximum Gasteiger partial charge on any atom is 0.334 e. The Morgan fingerprint density at radius 2 is 2.38 bits per heavy atom. The quantitative estimate of drug-likeness (QED) is 0.766. The molecule has 1 aromatic rings. The van der Waals surface area contributed by atoms with Gasteiger partial charge in [0.1, 0.15) is 0 Å². The van der Waals surface area contributed by atoms with Crippen LogP contribution in [0.2, 0.25) is 0 Å². The molecule has 0 fully saturated rings. The van der Waals surface area contributed by atoms with Crippen LogP contribution in [0, 0.1) is 6.92 Å². The lowest BCUT2D eigenvalue weighted by atomic mass is 10.3. The van der Waals surface area contributed by atoms with Gasteiger partial charge in [0.15, 0.2) is 6.10 Å². The first-order valence-electron chi connectivity index (χ1n) is 4.92. The van der Waals surface area contributed by atoms with E-state index in [0.29, 0.717) is 5.69 Å². The summed E-state index contributed by atoms with van der Waals surface area (Å²) in [6.45, 7) is 3.65. The molecule has 0 bridgehead atoms. The second-order valence-electron chi connectivity index (χ2n) is 3.30. The lowest BCUT2D eigenvalue weighted by Crippen LogP contribution is -2.33. The molecular formula is C10H14N2O4. The predicted octanol–water partition coefficient (Wildman–Crippen LogP) is 0.0414. The molecule has 1 aromatic heterocycles.